The van der Waals surface area contributed by atoms with Crippen molar-refractivity contribution in [1.82, 2.24) is 0 Å². The maximum atomic E-state index is 11.7. The van der Waals surface area contributed by atoms with Crippen LogP contribution < -0.4 is 15.8 Å². The summed E-state index contributed by atoms with van der Waals surface area (Å²) in [5, 5.41) is 2.62. The molecule has 0 bridgehead atoms. The zero-order valence-electron chi connectivity index (χ0n) is 11.7. The molecule has 1 amide bonds. The monoisotopic (exact) mass is 299 g/mol. The number of nitrogens with one attached hydrogen (secondary N) is 2. The average molecular weight is 299 g/mol. The van der Waals surface area contributed by atoms with Crippen molar-refractivity contribution in [3.05, 3.63) is 24.3 Å². The number of nitrogens with two attached hydrogens (primary N) is 1. The van der Waals surface area contributed by atoms with Gasteiger partial charge in [0.15, 0.2) is 0 Å². The summed E-state index contributed by atoms with van der Waals surface area (Å²) in [5.74, 6) is -0.187. The third kappa shape index (κ3) is 5.58. The number of sulfonamides is 1. The van der Waals surface area contributed by atoms with E-state index in [0.717, 1.165) is 6.42 Å². The average Bonchev–Trinajstić information content (AvgIpc) is 2.38. The summed E-state index contributed by atoms with van der Waals surface area (Å²) in [7, 11) is -3.30. The Morgan fingerprint density at radius 3 is 2.30 bits per heavy atom. The lowest BCUT2D eigenvalue weighted by atomic mass is 10.2. The minimum atomic E-state index is -3.30. The third-order valence-electron chi connectivity index (χ3n) is 2.61. The van der Waals surface area contributed by atoms with Crippen LogP contribution in [0.5, 0.6) is 0 Å². The third-order valence-corrected chi connectivity index (χ3v) is 3.98. The molecule has 0 fully saturated rings. The molecule has 0 saturated carbocycles. The number of carbonyl (C=O) groups excluding carboxylic acids is 1. The van der Waals surface area contributed by atoms with Crippen LogP contribution in [0.1, 0.15) is 26.7 Å². The highest BCUT2D eigenvalue weighted by Crippen LogP contribution is 2.15. The van der Waals surface area contributed by atoms with E-state index in [1.807, 2.05) is 6.92 Å². The topological polar surface area (TPSA) is 101 Å². The fourth-order valence-electron chi connectivity index (χ4n) is 1.44. The maximum Gasteiger partial charge on any atom is 0.240 e. The second-order valence-electron chi connectivity index (χ2n) is 4.63. The van der Waals surface area contributed by atoms with Gasteiger partial charge in [0.2, 0.25) is 15.9 Å². The molecule has 4 N–H and O–H groups in total. The molecule has 0 heterocycles. The zero-order valence-corrected chi connectivity index (χ0v) is 12.5. The number of benzene rings is 1. The Morgan fingerprint density at radius 1 is 1.25 bits per heavy atom. The summed E-state index contributed by atoms with van der Waals surface area (Å²) in [6, 6.07) is 5.85. The van der Waals surface area contributed by atoms with E-state index >= 15 is 0 Å². The highest BCUT2D eigenvalue weighted by molar-refractivity contribution is 7.92. The second-order valence-corrected chi connectivity index (χ2v) is 6.47. The minimum Gasteiger partial charge on any atom is -0.325 e. The Kier molecular flexibility index (Phi) is 5.97. The first-order valence-electron chi connectivity index (χ1n) is 6.51. The largest absolute Gasteiger partial charge is 0.325 e. The molecule has 1 atom stereocenters. The van der Waals surface area contributed by atoms with E-state index < -0.39 is 16.1 Å². The highest BCUT2D eigenvalue weighted by atomic mass is 32.2. The van der Waals surface area contributed by atoms with Crippen LogP contribution in [0.3, 0.4) is 0 Å². The maximum absolute atomic E-state index is 11.7. The van der Waals surface area contributed by atoms with Gasteiger partial charge in [-0.2, -0.15) is 0 Å². The van der Waals surface area contributed by atoms with Crippen LogP contribution in [0.15, 0.2) is 24.3 Å². The van der Waals surface area contributed by atoms with E-state index in [0.29, 0.717) is 17.8 Å². The van der Waals surface area contributed by atoms with E-state index in [4.69, 9.17) is 5.73 Å². The molecule has 0 spiro atoms. The van der Waals surface area contributed by atoms with Crippen molar-refractivity contribution in [2.24, 2.45) is 5.73 Å². The SMILES string of the molecule is CCCCS(=O)(=O)Nc1ccc(NC(=O)[C@H](C)N)cc1. The Morgan fingerprint density at radius 2 is 1.80 bits per heavy atom. The van der Waals surface area contributed by atoms with Crippen molar-refractivity contribution >= 4 is 27.3 Å². The van der Waals surface area contributed by atoms with E-state index in [2.05, 4.69) is 10.0 Å². The van der Waals surface area contributed by atoms with Gasteiger partial charge in [-0.25, -0.2) is 8.42 Å². The molecule has 7 heteroatoms. The quantitative estimate of drug-likeness (QED) is 0.710. The lowest BCUT2D eigenvalue weighted by Crippen LogP contribution is -2.32. The number of amides is 1. The van der Waals surface area contributed by atoms with Gasteiger partial charge in [-0.15, -0.1) is 0 Å². The fourth-order valence-corrected chi connectivity index (χ4v) is 2.71. The Bertz CT molecular complexity index is 538. The summed E-state index contributed by atoms with van der Waals surface area (Å²) >= 11 is 0. The zero-order chi connectivity index (χ0) is 15.2. The number of hydrogen-bond acceptors (Lipinski definition) is 4. The Balaban J connectivity index is 2.65. The summed E-state index contributed by atoms with van der Waals surface area (Å²) in [5.41, 5.74) is 6.48. The molecule has 1 rings (SSSR count). The standard InChI is InChI=1S/C13H21N3O3S/c1-3-4-9-20(18,19)16-12-7-5-11(6-8-12)15-13(17)10(2)14/h5-8,10,16H,3-4,9,14H2,1-2H3,(H,15,17)/t10-/m0/s1. The number of carbonyl (C=O) groups is 1. The van der Waals surface area contributed by atoms with E-state index in [1.165, 1.54) is 0 Å². The molecule has 0 saturated heterocycles. The van der Waals surface area contributed by atoms with Crippen molar-refractivity contribution in [1.29, 1.82) is 0 Å². The van der Waals surface area contributed by atoms with Crippen LogP contribution >= 0.6 is 0 Å². The van der Waals surface area contributed by atoms with Gasteiger partial charge in [0.1, 0.15) is 0 Å². The van der Waals surface area contributed by atoms with Gasteiger partial charge < -0.3 is 11.1 Å². The van der Waals surface area contributed by atoms with Crippen LogP contribution in [0.2, 0.25) is 0 Å². The highest BCUT2D eigenvalue weighted by Gasteiger charge is 2.10. The van der Waals surface area contributed by atoms with Gasteiger partial charge in [-0.1, -0.05) is 13.3 Å². The molecular weight excluding hydrogens is 278 g/mol. The van der Waals surface area contributed by atoms with Gasteiger partial charge in [-0.3, -0.25) is 9.52 Å². The van der Waals surface area contributed by atoms with Crippen molar-refractivity contribution in [3.8, 4) is 0 Å². The van der Waals surface area contributed by atoms with Gasteiger partial charge in [0.05, 0.1) is 11.8 Å². The van der Waals surface area contributed by atoms with Crippen molar-refractivity contribution < 1.29 is 13.2 Å². The number of hydrogen-bond donors (Lipinski definition) is 3. The molecule has 1 aromatic rings. The first-order chi connectivity index (χ1) is 9.34. The van der Waals surface area contributed by atoms with Crippen molar-refractivity contribution in [2.75, 3.05) is 15.8 Å². The van der Waals surface area contributed by atoms with Gasteiger partial charge in [-0.05, 0) is 37.6 Å². The van der Waals surface area contributed by atoms with Gasteiger partial charge >= 0.3 is 0 Å². The molecule has 20 heavy (non-hydrogen) atoms. The van der Waals surface area contributed by atoms with Crippen LogP contribution in [-0.4, -0.2) is 26.1 Å². The smallest absolute Gasteiger partial charge is 0.240 e. The minimum absolute atomic E-state index is 0.104. The second kappa shape index (κ2) is 7.25. The number of rotatable bonds is 7. The molecule has 0 radical (unpaired) electrons. The van der Waals surface area contributed by atoms with Crippen molar-refractivity contribution in [3.63, 3.8) is 0 Å². The first kappa shape index (κ1) is 16.5. The van der Waals surface area contributed by atoms with E-state index in [-0.39, 0.29) is 11.7 Å². The predicted octanol–water partition coefficient (Wildman–Crippen LogP) is 1.51. The molecule has 0 aliphatic rings. The van der Waals surface area contributed by atoms with Gasteiger partial charge in [0, 0.05) is 11.4 Å². The van der Waals surface area contributed by atoms with E-state index in [1.54, 1.807) is 31.2 Å². The molecule has 0 unspecified atom stereocenters. The molecule has 6 nitrogen and oxygen atoms in total. The molecule has 0 aliphatic heterocycles. The first-order valence-corrected chi connectivity index (χ1v) is 8.16. The Hall–Kier alpha value is -1.60. The Labute approximate surface area is 119 Å². The van der Waals surface area contributed by atoms with Crippen LogP contribution in [0.25, 0.3) is 0 Å². The lowest BCUT2D eigenvalue weighted by molar-refractivity contribution is -0.117. The molecule has 1 aromatic carbocycles. The van der Waals surface area contributed by atoms with E-state index in [9.17, 15) is 13.2 Å². The predicted molar refractivity (Wildman–Crippen MR) is 81.0 cm³/mol. The molecule has 0 aliphatic carbocycles. The fraction of sp³-hybridized carbons (Fsp3) is 0.462. The number of unbranched alkanes of at least 4 members (excludes halogenated alkanes) is 1. The summed E-state index contributed by atoms with van der Waals surface area (Å²) in [6.45, 7) is 3.52. The lowest BCUT2D eigenvalue weighted by Gasteiger charge is -2.10. The summed E-state index contributed by atoms with van der Waals surface area (Å²) < 4.78 is 25.9. The molecule has 112 valence electrons. The van der Waals surface area contributed by atoms with Gasteiger partial charge in [0.25, 0.3) is 0 Å². The summed E-state index contributed by atoms with van der Waals surface area (Å²) in [6.07, 6.45) is 1.45. The van der Waals surface area contributed by atoms with Crippen molar-refractivity contribution in [2.45, 2.75) is 32.7 Å². The van der Waals surface area contributed by atoms with Crippen LogP contribution in [0, 0.1) is 0 Å². The molecular formula is C13H21N3O3S. The van der Waals surface area contributed by atoms with Crippen LogP contribution in [-0.2, 0) is 14.8 Å². The molecule has 0 aromatic heterocycles. The summed E-state index contributed by atoms with van der Waals surface area (Å²) in [4.78, 5) is 11.4. The van der Waals surface area contributed by atoms with Crippen LogP contribution in [0.4, 0.5) is 11.4 Å². The normalized spacial score (nSPS) is 12.8. The number of anilines is 2.